The molecule has 0 saturated carbocycles. The van der Waals surface area contributed by atoms with Gasteiger partial charge in [-0.15, -0.1) is 11.3 Å². The second-order valence-electron chi connectivity index (χ2n) is 6.12. The SMILES string of the molecule is CCOc1cccc(N(Cc2nc3c(F)c(F)ccc3s2)C(=O)CCC(=O)O)c1. The number of anilines is 1. The van der Waals surface area contributed by atoms with Crippen LogP contribution in [0.5, 0.6) is 5.75 Å². The standard InChI is InChI=1S/C20H18F2N2O4S/c1-2-28-13-5-3-4-12(10-13)24(17(25)8-9-18(26)27)11-16-23-20-15(29-16)7-6-14(21)19(20)22/h3-7,10H,2,8-9,11H2,1H3,(H,26,27). The third-order valence-corrected chi connectivity index (χ3v) is 5.09. The molecule has 0 aliphatic carbocycles. The number of carboxylic acid groups (broad SMARTS) is 1. The summed E-state index contributed by atoms with van der Waals surface area (Å²) in [5.41, 5.74) is 0.406. The lowest BCUT2D eigenvalue weighted by Crippen LogP contribution is -2.30. The van der Waals surface area contributed by atoms with Crippen LogP contribution >= 0.6 is 11.3 Å². The molecule has 152 valence electrons. The van der Waals surface area contributed by atoms with Crippen LogP contribution in [-0.2, 0) is 16.1 Å². The average molecular weight is 420 g/mol. The van der Waals surface area contributed by atoms with E-state index in [1.807, 2.05) is 6.92 Å². The van der Waals surface area contributed by atoms with Gasteiger partial charge in [-0.2, -0.15) is 0 Å². The molecule has 0 aliphatic rings. The van der Waals surface area contributed by atoms with Gasteiger partial charge in [0, 0.05) is 18.2 Å². The molecule has 0 atom stereocenters. The van der Waals surface area contributed by atoms with Gasteiger partial charge < -0.3 is 14.7 Å². The number of fused-ring (bicyclic) bond motifs is 1. The second-order valence-corrected chi connectivity index (χ2v) is 7.23. The number of rotatable bonds is 8. The van der Waals surface area contributed by atoms with Gasteiger partial charge in [0.2, 0.25) is 5.91 Å². The molecular weight excluding hydrogens is 402 g/mol. The maximum atomic E-state index is 14.0. The first-order valence-corrected chi connectivity index (χ1v) is 9.69. The Balaban J connectivity index is 1.94. The smallest absolute Gasteiger partial charge is 0.303 e. The van der Waals surface area contributed by atoms with Crippen molar-refractivity contribution in [3.8, 4) is 5.75 Å². The summed E-state index contributed by atoms with van der Waals surface area (Å²) < 4.78 is 33.4. The molecule has 0 aliphatic heterocycles. The first-order valence-electron chi connectivity index (χ1n) is 8.87. The molecule has 1 aromatic heterocycles. The number of nitrogens with zero attached hydrogens (tertiary/aromatic N) is 2. The number of thiazole rings is 1. The molecule has 3 rings (SSSR count). The van der Waals surface area contributed by atoms with Crippen molar-refractivity contribution in [3.05, 3.63) is 53.0 Å². The van der Waals surface area contributed by atoms with E-state index in [4.69, 9.17) is 9.84 Å². The topological polar surface area (TPSA) is 79.7 Å². The zero-order valence-corrected chi connectivity index (χ0v) is 16.3. The minimum absolute atomic E-state index is 0.00552. The van der Waals surface area contributed by atoms with Crippen molar-refractivity contribution in [2.24, 2.45) is 0 Å². The highest BCUT2D eigenvalue weighted by Crippen LogP contribution is 2.29. The Kier molecular flexibility index (Phi) is 6.38. The fourth-order valence-electron chi connectivity index (χ4n) is 2.77. The third-order valence-electron chi connectivity index (χ3n) is 4.08. The quantitative estimate of drug-likeness (QED) is 0.585. The van der Waals surface area contributed by atoms with E-state index in [-0.39, 0.29) is 24.9 Å². The van der Waals surface area contributed by atoms with Crippen LogP contribution in [0.25, 0.3) is 10.2 Å². The van der Waals surface area contributed by atoms with E-state index in [1.165, 1.54) is 11.0 Å². The van der Waals surface area contributed by atoms with Crippen LogP contribution in [0, 0.1) is 11.6 Å². The molecule has 0 fully saturated rings. The van der Waals surface area contributed by atoms with Gasteiger partial charge in [-0.05, 0) is 31.2 Å². The summed E-state index contributed by atoms with van der Waals surface area (Å²) in [6.45, 7) is 2.27. The van der Waals surface area contributed by atoms with Crippen molar-refractivity contribution < 1.29 is 28.2 Å². The van der Waals surface area contributed by atoms with Crippen LogP contribution in [0.3, 0.4) is 0 Å². The molecule has 29 heavy (non-hydrogen) atoms. The number of carbonyl (C=O) groups excluding carboxylic acids is 1. The Bertz CT molecular complexity index is 1050. The van der Waals surface area contributed by atoms with Crippen molar-refractivity contribution >= 4 is 39.1 Å². The van der Waals surface area contributed by atoms with Gasteiger partial charge in [0.05, 0.1) is 24.3 Å². The second kappa shape index (κ2) is 8.95. The molecule has 0 bridgehead atoms. The number of halogens is 2. The summed E-state index contributed by atoms with van der Waals surface area (Å²) in [7, 11) is 0. The first-order chi connectivity index (χ1) is 13.9. The lowest BCUT2D eigenvalue weighted by Gasteiger charge is -2.22. The summed E-state index contributed by atoms with van der Waals surface area (Å²) in [4.78, 5) is 29.1. The average Bonchev–Trinajstić information content (AvgIpc) is 3.11. The van der Waals surface area contributed by atoms with E-state index in [1.54, 1.807) is 24.3 Å². The van der Waals surface area contributed by atoms with E-state index in [0.717, 1.165) is 17.4 Å². The number of hydrogen-bond donors (Lipinski definition) is 1. The van der Waals surface area contributed by atoms with E-state index in [2.05, 4.69) is 4.98 Å². The third kappa shape index (κ3) is 4.86. The van der Waals surface area contributed by atoms with Crippen molar-refractivity contribution in [1.82, 2.24) is 4.98 Å². The number of carboxylic acids is 1. The fourth-order valence-corrected chi connectivity index (χ4v) is 3.72. The van der Waals surface area contributed by atoms with Gasteiger partial charge in [-0.25, -0.2) is 13.8 Å². The molecule has 1 N–H and O–H groups in total. The minimum Gasteiger partial charge on any atom is -0.494 e. The lowest BCUT2D eigenvalue weighted by atomic mass is 10.2. The zero-order chi connectivity index (χ0) is 21.0. The molecule has 1 amide bonds. The Morgan fingerprint density at radius 3 is 2.72 bits per heavy atom. The Morgan fingerprint density at radius 2 is 2.00 bits per heavy atom. The Labute approximate surface area is 169 Å². The van der Waals surface area contributed by atoms with Crippen molar-refractivity contribution in [2.45, 2.75) is 26.3 Å². The molecule has 6 nitrogen and oxygen atoms in total. The summed E-state index contributed by atoms with van der Waals surface area (Å²) in [5.74, 6) is -2.98. The highest BCUT2D eigenvalue weighted by atomic mass is 32.1. The summed E-state index contributed by atoms with van der Waals surface area (Å²) >= 11 is 1.14. The number of benzene rings is 2. The monoisotopic (exact) mass is 420 g/mol. The predicted molar refractivity (Wildman–Crippen MR) is 105 cm³/mol. The van der Waals surface area contributed by atoms with Gasteiger partial charge in [-0.3, -0.25) is 9.59 Å². The number of amides is 1. The molecule has 9 heteroatoms. The highest BCUT2D eigenvalue weighted by Gasteiger charge is 2.21. The Hall–Kier alpha value is -3.07. The van der Waals surface area contributed by atoms with E-state index in [9.17, 15) is 18.4 Å². The number of hydrogen-bond acceptors (Lipinski definition) is 5. The molecule has 0 radical (unpaired) electrons. The lowest BCUT2D eigenvalue weighted by molar-refractivity contribution is -0.138. The number of ether oxygens (including phenoxy) is 1. The van der Waals surface area contributed by atoms with E-state index in [0.29, 0.717) is 27.8 Å². The van der Waals surface area contributed by atoms with E-state index < -0.39 is 23.5 Å². The van der Waals surface area contributed by atoms with Gasteiger partial charge >= 0.3 is 5.97 Å². The van der Waals surface area contributed by atoms with Gasteiger partial charge in [0.15, 0.2) is 11.6 Å². The van der Waals surface area contributed by atoms with E-state index >= 15 is 0 Å². The van der Waals surface area contributed by atoms with Gasteiger partial charge in [0.1, 0.15) is 16.3 Å². The maximum Gasteiger partial charge on any atom is 0.303 e. The van der Waals surface area contributed by atoms with Crippen LogP contribution in [0.2, 0.25) is 0 Å². The largest absolute Gasteiger partial charge is 0.494 e. The summed E-state index contributed by atoms with van der Waals surface area (Å²) in [5, 5.41) is 9.29. The Morgan fingerprint density at radius 1 is 1.21 bits per heavy atom. The highest BCUT2D eigenvalue weighted by molar-refractivity contribution is 7.18. The number of aliphatic carboxylic acids is 1. The maximum absolute atomic E-state index is 14.0. The van der Waals surface area contributed by atoms with Gasteiger partial charge in [-0.1, -0.05) is 6.07 Å². The normalized spacial score (nSPS) is 10.9. The number of aromatic nitrogens is 1. The van der Waals surface area contributed by atoms with Crippen molar-refractivity contribution in [2.75, 3.05) is 11.5 Å². The molecule has 1 heterocycles. The van der Waals surface area contributed by atoms with Crippen molar-refractivity contribution in [1.29, 1.82) is 0 Å². The molecule has 0 saturated heterocycles. The first kappa shape index (κ1) is 20.7. The van der Waals surface area contributed by atoms with Crippen LogP contribution < -0.4 is 9.64 Å². The van der Waals surface area contributed by atoms with Gasteiger partial charge in [0.25, 0.3) is 0 Å². The van der Waals surface area contributed by atoms with Crippen LogP contribution in [0.4, 0.5) is 14.5 Å². The van der Waals surface area contributed by atoms with Crippen LogP contribution in [0.15, 0.2) is 36.4 Å². The summed E-state index contributed by atoms with van der Waals surface area (Å²) in [6, 6.07) is 9.26. The molecule has 0 spiro atoms. The number of carbonyl (C=O) groups is 2. The fraction of sp³-hybridized carbons (Fsp3) is 0.250. The van der Waals surface area contributed by atoms with Crippen LogP contribution in [-0.4, -0.2) is 28.6 Å². The predicted octanol–water partition coefficient (Wildman–Crippen LogP) is 4.37. The molecular formula is C20H18F2N2O4S. The minimum atomic E-state index is -1.08. The molecule has 2 aromatic carbocycles. The summed E-state index contributed by atoms with van der Waals surface area (Å²) in [6.07, 6.45) is -0.526. The molecule has 0 unspecified atom stereocenters. The molecule has 3 aromatic rings. The zero-order valence-electron chi connectivity index (χ0n) is 15.5. The van der Waals surface area contributed by atoms with Crippen LogP contribution in [0.1, 0.15) is 24.8 Å². The van der Waals surface area contributed by atoms with Crippen molar-refractivity contribution in [3.63, 3.8) is 0 Å².